The summed E-state index contributed by atoms with van der Waals surface area (Å²) in [4.78, 5) is 0. The van der Waals surface area contributed by atoms with Crippen molar-refractivity contribution in [1.29, 1.82) is 0 Å². The minimum absolute atomic E-state index is 0.911. The molecule has 2 rings (SSSR count). The Morgan fingerprint density at radius 2 is 2.00 bits per heavy atom. The Bertz CT molecular complexity index is 420. The Morgan fingerprint density at radius 1 is 1.21 bits per heavy atom. The lowest BCUT2D eigenvalue weighted by molar-refractivity contribution is 0.581. The molecule has 0 unspecified atom stereocenters. The topological polar surface area (TPSA) is 13.1 Å². The van der Waals surface area contributed by atoms with Crippen LogP contribution in [-0.2, 0) is 0 Å². The fourth-order valence-electron chi connectivity index (χ4n) is 1.65. The molecule has 0 aliphatic heterocycles. The maximum absolute atomic E-state index is 5.39. The molecule has 0 aliphatic rings. The first-order chi connectivity index (χ1) is 6.68. The second-order valence-corrected chi connectivity index (χ2v) is 4.27. The van der Waals surface area contributed by atoms with E-state index < -0.39 is 0 Å². The minimum Gasteiger partial charge on any atom is -0.464 e. The summed E-state index contributed by atoms with van der Waals surface area (Å²) in [5, 5.41) is 0. The van der Waals surface area contributed by atoms with Crippen molar-refractivity contribution in [2.45, 2.75) is 13.8 Å². The third kappa shape index (κ3) is 1.62. The van der Waals surface area contributed by atoms with Crippen LogP contribution >= 0.6 is 15.9 Å². The molecule has 1 nitrogen and oxygen atoms in total. The predicted molar refractivity (Wildman–Crippen MR) is 61.3 cm³/mol. The van der Waals surface area contributed by atoms with E-state index in [9.17, 15) is 0 Å². The number of hydrogen-bond acceptors (Lipinski definition) is 1. The van der Waals surface area contributed by atoms with E-state index >= 15 is 0 Å². The van der Waals surface area contributed by atoms with Crippen LogP contribution in [0.1, 0.15) is 11.1 Å². The molecule has 1 aromatic heterocycles. The van der Waals surface area contributed by atoms with Crippen molar-refractivity contribution in [2.24, 2.45) is 0 Å². The van der Waals surface area contributed by atoms with Gasteiger partial charge in [0.15, 0.2) is 0 Å². The molecular formula is C12H11BrO. The lowest BCUT2D eigenvalue weighted by atomic mass is 10.0. The van der Waals surface area contributed by atoms with Gasteiger partial charge >= 0.3 is 0 Å². The van der Waals surface area contributed by atoms with E-state index in [-0.39, 0.29) is 0 Å². The van der Waals surface area contributed by atoms with Crippen LogP contribution in [0, 0.1) is 13.8 Å². The van der Waals surface area contributed by atoms with Crippen molar-refractivity contribution in [2.75, 3.05) is 0 Å². The van der Waals surface area contributed by atoms with Gasteiger partial charge in [0, 0.05) is 10.0 Å². The molecule has 14 heavy (non-hydrogen) atoms. The minimum atomic E-state index is 0.911. The molecule has 0 saturated carbocycles. The Hall–Kier alpha value is -1.02. The number of halogens is 1. The van der Waals surface area contributed by atoms with Gasteiger partial charge in [-0.1, -0.05) is 22.0 Å². The molecule has 0 amide bonds. The molecular weight excluding hydrogens is 240 g/mol. The molecule has 0 bridgehead atoms. The number of benzene rings is 1. The first-order valence-corrected chi connectivity index (χ1v) is 5.28. The molecule has 2 aromatic rings. The van der Waals surface area contributed by atoms with Crippen LogP contribution in [0.5, 0.6) is 0 Å². The molecule has 72 valence electrons. The Morgan fingerprint density at radius 3 is 2.57 bits per heavy atom. The summed E-state index contributed by atoms with van der Waals surface area (Å²) >= 11 is 3.56. The normalized spacial score (nSPS) is 10.5. The quantitative estimate of drug-likeness (QED) is 0.735. The second kappa shape index (κ2) is 3.62. The number of rotatable bonds is 1. The molecule has 0 N–H and O–H groups in total. The molecule has 1 aromatic carbocycles. The van der Waals surface area contributed by atoms with E-state index in [1.165, 1.54) is 11.1 Å². The third-order valence-electron chi connectivity index (χ3n) is 2.20. The van der Waals surface area contributed by atoms with E-state index in [1.54, 1.807) is 6.26 Å². The van der Waals surface area contributed by atoms with Crippen molar-refractivity contribution in [3.8, 4) is 11.3 Å². The number of hydrogen-bond donors (Lipinski definition) is 0. The van der Waals surface area contributed by atoms with Gasteiger partial charge in [0.25, 0.3) is 0 Å². The Balaban J connectivity index is 2.64. The average Bonchev–Trinajstić information content (AvgIpc) is 2.54. The highest BCUT2D eigenvalue weighted by atomic mass is 79.9. The highest BCUT2D eigenvalue weighted by molar-refractivity contribution is 9.10. The molecule has 0 spiro atoms. The van der Waals surface area contributed by atoms with Crippen LogP contribution in [0.15, 0.2) is 39.4 Å². The van der Waals surface area contributed by atoms with Crippen molar-refractivity contribution >= 4 is 15.9 Å². The van der Waals surface area contributed by atoms with Crippen LogP contribution < -0.4 is 0 Å². The Kier molecular flexibility index (Phi) is 2.46. The highest BCUT2D eigenvalue weighted by Gasteiger charge is 2.09. The van der Waals surface area contributed by atoms with Gasteiger partial charge in [-0.2, -0.15) is 0 Å². The molecule has 0 radical (unpaired) electrons. The summed E-state index contributed by atoms with van der Waals surface area (Å²) in [6.45, 7) is 4.18. The largest absolute Gasteiger partial charge is 0.464 e. The van der Waals surface area contributed by atoms with Gasteiger partial charge in [0.1, 0.15) is 5.76 Å². The third-order valence-corrected chi connectivity index (χ3v) is 2.82. The second-order valence-electron chi connectivity index (χ2n) is 3.42. The van der Waals surface area contributed by atoms with Gasteiger partial charge in [-0.15, -0.1) is 0 Å². The predicted octanol–water partition coefficient (Wildman–Crippen LogP) is 4.33. The first kappa shape index (κ1) is 9.53. The van der Waals surface area contributed by atoms with Crippen molar-refractivity contribution in [3.05, 3.63) is 46.1 Å². The monoisotopic (exact) mass is 250 g/mol. The van der Waals surface area contributed by atoms with E-state index in [1.807, 2.05) is 12.1 Å². The summed E-state index contributed by atoms with van der Waals surface area (Å²) < 4.78 is 6.48. The first-order valence-electron chi connectivity index (χ1n) is 4.49. The van der Waals surface area contributed by atoms with Gasteiger partial charge < -0.3 is 4.42 Å². The summed E-state index contributed by atoms with van der Waals surface area (Å²) in [5.74, 6) is 0.911. The maximum Gasteiger partial charge on any atom is 0.135 e. The standard InChI is InChI=1S/C12H11BrO/c1-8-6-9(2)12(10(13)7-8)11-4-3-5-14-11/h3-7H,1-2H3. The van der Waals surface area contributed by atoms with Crippen LogP contribution in [0.25, 0.3) is 11.3 Å². The fraction of sp³-hybridized carbons (Fsp3) is 0.167. The molecule has 1 heterocycles. The zero-order chi connectivity index (χ0) is 10.1. The molecule has 0 fully saturated rings. The fourth-order valence-corrected chi connectivity index (χ4v) is 2.52. The number of furan rings is 1. The van der Waals surface area contributed by atoms with E-state index in [0.717, 1.165) is 15.8 Å². The zero-order valence-electron chi connectivity index (χ0n) is 8.17. The zero-order valence-corrected chi connectivity index (χ0v) is 9.76. The summed E-state index contributed by atoms with van der Waals surface area (Å²) in [6, 6.07) is 8.14. The highest BCUT2D eigenvalue weighted by Crippen LogP contribution is 2.32. The van der Waals surface area contributed by atoms with Gasteiger partial charge in [0.05, 0.1) is 6.26 Å². The van der Waals surface area contributed by atoms with Crippen LogP contribution in [0.4, 0.5) is 0 Å². The van der Waals surface area contributed by atoms with E-state index in [0.29, 0.717) is 0 Å². The lowest BCUT2D eigenvalue weighted by Gasteiger charge is -2.06. The molecule has 0 atom stereocenters. The molecule has 0 saturated heterocycles. The van der Waals surface area contributed by atoms with Crippen LogP contribution in [-0.4, -0.2) is 0 Å². The van der Waals surface area contributed by atoms with Crippen LogP contribution in [0.2, 0.25) is 0 Å². The lowest BCUT2D eigenvalue weighted by Crippen LogP contribution is -1.85. The van der Waals surface area contributed by atoms with Crippen molar-refractivity contribution < 1.29 is 4.42 Å². The maximum atomic E-state index is 5.39. The average molecular weight is 251 g/mol. The molecule has 0 aliphatic carbocycles. The van der Waals surface area contributed by atoms with Gasteiger partial charge in [-0.25, -0.2) is 0 Å². The summed E-state index contributed by atoms with van der Waals surface area (Å²) in [5.41, 5.74) is 3.62. The van der Waals surface area contributed by atoms with Crippen molar-refractivity contribution in [3.63, 3.8) is 0 Å². The van der Waals surface area contributed by atoms with Gasteiger partial charge in [-0.05, 0) is 43.2 Å². The SMILES string of the molecule is Cc1cc(C)c(-c2ccco2)c(Br)c1. The van der Waals surface area contributed by atoms with Crippen LogP contribution in [0.3, 0.4) is 0 Å². The van der Waals surface area contributed by atoms with Gasteiger partial charge in [0.2, 0.25) is 0 Å². The van der Waals surface area contributed by atoms with E-state index in [2.05, 4.69) is 41.9 Å². The van der Waals surface area contributed by atoms with Gasteiger partial charge in [-0.3, -0.25) is 0 Å². The molecule has 2 heteroatoms. The summed E-state index contributed by atoms with van der Waals surface area (Å²) in [6.07, 6.45) is 1.70. The number of aryl methyl sites for hydroxylation is 2. The van der Waals surface area contributed by atoms with E-state index in [4.69, 9.17) is 4.42 Å². The van der Waals surface area contributed by atoms with Crippen molar-refractivity contribution in [1.82, 2.24) is 0 Å². The summed E-state index contributed by atoms with van der Waals surface area (Å²) in [7, 11) is 0. The Labute approximate surface area is 91.9 Å². The smallest absolute Gasteiger partial charge is 0.135 e.